The summed E-state index contributed by atoms with van der Waals surface area (Å²) in [5, 5.41) is 0. The molecule has 0 saturated carbocycles. The van der Waals surface area contributed by atoms with Gasteiger partial charge in [0.2, 0.25) is 0 Å². The molecule has 0 heteroatoms. The van der Waals surface area contributed by atoms with Crippen molar-refractivity contribution in [3.05, 3.63) is 0 Å². The lowest BCUT2D eigenvalue weighted by molar-refractivity contribution is 0.0853. The van der Waals surface area contributed by atoms with Crippen molar-refractivity contribution in [1.82, 2.24) is 0 Å². The number of hydrogen-bond acceptors (Lipinski definition) is 0. The van der Waals surface area contributed by atoms with Crippen molar-refractivity contribution < 1.29 is 0 Å². The summed E-state index contributed by atoms with van der Waals surface area (Å²) in [4.78, 5) is 0. The van der Waals surface area contributed by atoms with Crippen LogP contribution >= 0.6 is 0 Å². The zero-order chi connectivity index (χ0) is 20.2. The van der Waals surface area contributed by atoms with Crippen LogP contribution in [0.5, 0.6) is 0 Å². The highest BCUT2D eigenvalue weighted by molar-refractivity contribution is 4.86. The van der Waals surface area contributed by atoms with Crippen molar-refractivity contribution in [3.63, 3.8) is 0 Å². The molecule has 0 amide bonds. The van der Waals surface area contributed by atoms with E-state index in [1.165, 1.54) is 128 Å². The van der Waals surface area contributed by atoms with E-state index in [4.69, 9.17) is 0 Å². The maximum Gasteiger partial charge on any atom is -0.0269 e. The second-order valence-electron chi connectivity index (χ2n) is 9.42. The van der Waals surface area contributed by atoms with Gasteiger partial charge in [-0.2, -0.15) is 0 Å². The third-order valence-electron chi connectivity index (χ3n) is 6.97. The molecule has 0 aromatic rings. The molecule has 0 heterocycles. The molecular formula is C27H56. The zero-order valence-corrected chi connectivity index (χ0v) is 20.2. The predicted octanol–water partition coefficient (Wildman–Crippen LogP) is 10.5. The summed E-state index contributed by atoms with van der Waals surface area (Å²) in [5.41, 5.74) is 0.666. The van der Waals surface area contributed by atoms with Crippen molar-refractivity contribution in [2.24, 2.45) is 11.3 Å². The summed E-state index contributed by atoms with van der Waals surface area (Å²) in [6.45, 7) is 11.9. The molecular weight excluding hydrogens is 324 g/mol. The first kappa shape index (κ1) is 27.0. The van der Waals surface area contributed by atoms with Crippen LogP contribution in [-0.4, -0.2) is 0 Å². The highest BCUT2D eigenvalue weighted by Crippen LogP contribution is 2.47. The minimum atomic E-state index is 0.666. The smallest absolute Gasteiger partial charge is 0.0269 e. The van der Waals surface area contributed by atoms with E-state index in [0.29, 0.717) is 5.41 Å². The van der Waals surface area contributed by atoms with Gasteiger partial charge in [0.25, 0.3) is 0 Å². The second kappa shape index (κ2) is 19.3. The van der Waals surface area contributed by atoms with Crippen LogP contribution in [0.3, 0.4) is 0 Å². The van der Waals surface area contributed by atoms with Crippen molar-refractivity contribution >= 4 is 0 Å². The molecule has 164 valence electrons. The lowest BCUT2D eigenvalue weighted by atomic mass is 9.63. The van der Waals surface area contributed by atoms with Crippen LogP contribution in [0.25, 0.3) is 0 Å². The molecule has 0 aliphatic heterocycles. The normalized spacial score (nSPS) is 14.0. The van der Waals surface area contributed by atoms with E-state index in [1.54, 1.807) is 0 Å². The average Bonchev–Trinajstić information content (AvgIpc) is 2.67. The van der Waals surface area contributed by atoms with E-state index in [2.05, 4.69) is 34.6 Å². The van der Waals surface area contributed by atoms with Gasteiger partial charge in [0.05, 0.1) is 0 Å². The Morgan fingerprint density at radius 2 is 0.778 bits per heavy atom. The first-order valence-electron chi connectivity index (χ1n) is 13.2. The largest absolute Gasteiger partial charge is 0.0654 e. The van der Waals surface area contributed by atoms with Crippen molar-refractivity contribution in [3.8, 4) is 0 Å². The van der Waals surface area contributed by atoms with Gasteiger partial charge in [0, 0.05) is 0 Å². The molecule has 0 bridgehead atoms. The summed E-state index contributed by atoms with van der Waals surface area (Å²) >= 11 is 0. The Bertz CT molecular complexity index is 276. The topological polar surface area (TPSA) is 0 Å². The van der Waals surface area contributed by atoms with Crippen molar-refractivity contribution in [2.45, 2.75) is 163 Å². The lowest BCUT2D eigenvalue weighted by Gasteiger charge is -2.42. The van der Waals surface area contributed by atoms with E-state index in [1.807, 2.05) is 0 Å². The highest BCUT2D eigenvalue weighted by atomic mass is 14.4. The number of hydrogen-bond donors (Lipinski definition) is 0. The maximum atomic E-state index is 2.41. The third kappa shape index (κ3) is 13.0. The Balaban J connectivity index is 4.77. The van der Waals surface area contributed by atoms with Crippen LogP contribution in [-0.2, 0) is 0 Å². The molecule has 0 saturated heterocycles. The fraction of sp³-hybridized carbons (Fsp3) is 1.00. The Morgan fingerprint density at radius 3 is 1.26 bits per heavy atom. The first-order valence-corrected chi connectivity index (χ1v) is 13.2. The van der Waals surface area contributed by atoms with Gasteiger partial charge in [0.15, 0.2) is 0 Å². The van der Waals surface area contributed by atoms with E-state index >= 15 is 0 Å². The SMILES string of the molecule is CCCCCCCCCCC(CCCC)(CCCCC)C(CCC)CCC. The predicted molar refractivity (Wildman–Crippen MR) is 127 cm³/mol. The summed E-state index contributed by atoms with van der Waals surface area (Å²) in [6.07, 6.45) is 29.0. The van der Waals surface area contributed by atoms with Gasteiger partial charge in [-0.25, -0.2) is 0 Å². The minimum Gasteiger partial charge on any atom is -0.0654 e. The molecule has 0 aromatic carbocycles. The van der Waals surface area contributed by atoms with Crippen LogP contribution in [0.2, 0.25) is 0 Å². The van der Waals surface area contributed by atoms with Crippen LogP contribution in [0, 0.1) is 11.3 Å². The van der Waals surface area contributed by atoms with Crippen LogP contribution in [0.1, 0.15) is 163 Å². The molecule has 0 N–H and O–H groups in total. The van der Waals surface area contributed by atoms with Gasteiger partial charge < -0.3 is 0 Å². The molecule has 0 aliphatic carbocycles. The van der Waals surface area contributed by atoms with Gasteiger partial charge >= 0.3 is 0 Å². The molecule has 0 rings (SSSR count). The van der Waals surface area contributed by atoms with E-state index < -0.39 is 0 Å². The molecule has 1 atom stereocenters. The lowest BCUT2D eigenvalue weighted by Crippen LogP contribution is -2.31. The summed E-state index contributed by atoms with van der Waals surface area (Å²) in [5.74, 6) is 0.987. The molecule has 0 aromatic heterocycles. The van der Waals surface area contributed by atoms with E-state index in [-0.39, 0.29) is 0 Å². The summed E-state index contributed by atoms with van der Waals surface area (Å²) < 4.78 is 0. The quantitative estimate of drug-likeness (QED) is 0.174. The standard InChI is InChI=1S/C27H56/c1-6-11-14-15-16-17-18-20-25-27(23-13-8-3,24-19-12-7-2)26(21-9-4)22-10-5/h26H,6-25H2,1-5H3. The van der Waals surface area contributed by atoms with Gasteiger partial charge in [-0.1, -0.05) is 144 Å². The van der Waals surface area contributed by atoms with Gasteiger partial charge in [0.1, 0.15) is 0 Å². The van der Waals surface area contributed by atoms with E-state index in [0.717, 1.165) is 5.92 Å². The van der Waals surface area contributed by atoms with Crippen molar-refractivity contribution in [2.75, 3.05) is 0 Å². The number of unbranched alkanes of at least 4 members (excludes halogenated alkanes) is 10. The third-order valence-corrected chi connectivity index (χ3v) is 6.97. The zero-order valence-electron chi connectivity index (χ0n) is 20.2. The molecule has 0 nitrogen and oxygen atoms in total. The van der Waals surface area contributed by atoms with Crippen LogP contribution in [0.15, 0.2) is 0 Å². The molecule has 27 heavy (non-hydrogen) atoms. The molecule has 0 fully saturated rings. The van der Waals surface area contributed by atoms with Crippen molar-refractivity contribution in [1.29, 1.82) is 0 Å². The molecule has 0 radical (unpaired) electrons. The first-order chi connectivity index (χ1) is 13.2. The highest BCUT2D eigenvalue weighted by Gasteiger charge is 2.35. The fourth-order valence-electron chi connectivity index (χ4n) is 5.31. The number of rotatable bonds is 21. The van der Waals surface area contributed by atoms with E-state index in [9.17, 15) is 0 Å². The van der Waals surface area contributed by atoms with Crippen LogP contribution in [0.4, 0.5) is 0 Å². The Labute approximate surface area is 174 Å². The summed E-state index contributed by atoms with van der Waals surface area (Å²) in [6, 6.07) is 0. The molecule has 0 aliphatic rings. The average molecular weight is 381 g/mol. The van der Waals surface area contributed by atoms with Gasteiger partial charge in [-0.3, -0.25) is 0 Å². The fourth-order valence-corrected chi connectivity index (χ4v) is 5.31. The van der Waals surface area contributed by atoms with Crippen LogP contribution < -0.4 is 0 Å². The minimum absolute atomic E-state index is 0.666. The Kier molecular flexibility index (Phi) is 19.3. The second-order valence-corrected chi connectivity index (χ2v) is 9.42. The monoisotopic (exact) mass is 380 g/mol. The van der Waals surface area contributed by atoms with Gasteiger partial charge in [-0.05, 0) is 30.6 Å². The Hall–Kier alpha value is 0. The van der Waals surface area contributed by atoms with Gasteiger partial charge in [-0.15, -0.1) is 0 Å². The maximum absolute atomic E-state index is 2.41. The molecule has 0 spiro atoms. The molecule has 1 unspecified atom stereocenters. The summed E-state index contributed by atoms with van der Waals surface area (Å²) in [7, 11) is 0. The Morgan fingerprint density at radius 1 is 0.407 bits per heavy atom.